The molecule has 1 aliphatic rings. The van der Waals surface area contributed by atoms with E-state index >= 15 is 0 Å². The van der Waals surface area contributed by atoms with Gasteiger partial charge < -0.3 is 14.5 Å². The number of sulfone groups is 1. The van der Waals surface area contributed by atoms with Crippen molar-refractivity contribution in [2.75, 3.05) is 26.2 Å². The third-order valence-corrected chi connectivity index (χ3v) is 7.84. The van der Waals surface area contributed by atoms with E-state index < -0.39 is 9.84 Å². The Labute approximate surface area is 209 Å². The summed E-state index contributed by atoms with van der Waals surface area (Å²) in [6.45, 7) is 9.03. The number of benzene rings is 2. The van der Waals surface area contributed by atoms with Crippen LogP contribution in [-0.4, -0.2) is 62.5 Å². The van der Waals surface area contributed by atoms with Gasteiger partial charge >= 0.3 is 6.09 Å². The maximum absolute atomic E-state index is 13.2. The van der Waals surface area contributed by atoms with Crippen molar-refractivity contribution in [3.05, 3.63) is 64.7 Å². The number of hydrogen-bond donors (Lipinski definition) is 0. The predicted molar refractivity (Wildman–Crippen MR) is 136 cm³/mol. The van der Waals surface area contributed by atoms with E-state index in [4.69, 9.17) is 4.74 Å². The van der Waals surface area contributed by atoms with Crippen LogP contribution in [0.5, 0.6) is 0 Å². The molecule has 8 heteroatoms. The molecule has 0 radical (unpaired) electrons. The molecule has 2 aromatic carbocycles. The van der Waals surface area contributed by atoms with E-state index in [1.54, 1.807) is 42.7 Å². The fourth-order valence-corrected chi connectivity index (χ4v) is 5.42. The largest absolute Gasteiger partial charge is 0.447 e. The van der Waals surface area contributed by atoms with Crippen LogP contribution >= 0.6 is 0 Å². The molecule has 0 atom stereocenters. The predicted octanol–water partition coefficient (Wildman–Crippen LogP) is 4.61. The molecule has 0 bridgehead atoms. The van der Waals surface area contributed by atoms with Crippen LogP contribution in [0.3, 0.4) is 0 Å². The van der Waals surface area contributed by atoms with Crippen LogP contribution in [-0.2, 0) is 26.7 Å². The Kier molecular flexibility index (Phi) is 8.94. The van der Waals surface area contributed by atoms with Gasteiger partial charge in [-0.25, -0.2) is 13.2 Å². The highest BCUT2D eigenvalue weighted by Crippen LogP contribution is 2.22. The van der Waals surface area contributed by atoms with Gasteiger partial charge in [-0.2, -0.15) is 0 Å². The highest BCUT2D eigenvalue weighted by molar-refractivity contribution is 7.90. The summed E-state index contributed by atoms with van der Waals surface area (Å²) in [5.41, 5.74) is 3.02. The molecule has 0 spiro atoms. The monoisotopic (exact) mass is 500 g/mol. The third kappa shape index (κ3) is 7.07. The molecule has 1 heterocycles. The molecular formula is C27H36N2O5S. The normalized spacial score (nSPS) is 14.3. The van der Waals surface area contributed by atoms with Crippen LogP contribution in [0.15, 0.2) is 47.4 Å². The van der Waals surface area contributed by atoms with Gasteiger partial charge in [-0.1, -0.05) is 43.7 Å². The molecule has 2 amide bonds. The zero-order chi connectivity index (χ0) is 25.6. The quantitative estimate of drug-likeness (QED) is 0.528. The number of unbranched alkanes of at least 4 members (excludes halogenated alkanes) is 1. The second-order valence-corrected chi connectivity index (χ2v) is 11.4. The average Bonchev–Trinajstić information content (AvgIpc) is 2.83. The molecule has 0 saturated carbocycles. The van der Waals surface area contributed by atoms with E-state index in [-0.39, 0.29) is 28.8 Å². The van der Waals surface area contributed by atoms with Gasteiger partial charge in [0.25, 0.3) is 5.91 Å². The van der Waals surface area contributed by atoms with E-state index in [1.807, 2.05) is 24.3 Å². The van der Waals surface area contributed by atoms with Gasteiger partial charge in [0.15, 0.2) is 9.84 Å². The lowest BCUT2D eigenvalue weighted by molar-refractivity contribution is 0.0475. The zero-order valence-corrected chi connectivity index (χ0v) is 21.9. The van der Waals surface area contributed by atoms with Crippen molar-refractivity contribution in [2.24, 2.45) is 0 Å². The van der Waals surface area contributed by atoms with E-state index in [2.05, 4.69) is 6.92 Å². The number of piperazine rings is 1. The number of carbonyl (C=O) groups is 2. The molecule has 7 nitrogen and oxygen atoms in total. The molecular weight excluding hydrogens is 464 g/mol. The molecule has 3 rings (SSSR count). The maximum atomic E-state index is 13.2. The molecule has 35 heavy (non-hydrogen) atoms. The third-order valence-electron chi connectivity index (χ3n) is 6.16. The van der Waals surface area contributed by atoms with Crippen molar-refractivity contribution in [1.29, 1.82) is 0 Å². The van der Waals surface area contributed by atoms with Gasteiger partial charge in [0, 0.05) is 31.7 Å². The Hall–Kier alpha value is -2.87. The first kappa shape index (κ1) is 26.7. The highest BCUT2D eigenvalue weighted by Gasteiger charge is 2.28. The number of carbonyl (C=O) groups excluding carboxylic acids is 2. The van der Waals surface area contributed by atoms with Crippen molar-refractivity contribution in [3.63, 3.8) is 0 Å². The van der Waals surface area contributed by atoms with E-state index in [1.165, 1.54) is 11.6 Å². The topological polar surface area (TPSA) is 84.0 Å². The summed E-state index contributed by atoms with van der Waals surface area (Å²) in [6, 6.07) is 12.4. The Balaban J connectivity index is 1.70. The summed E-state index contributed by atoms with van der Waals surface area (Å²) in [5, 5.41) is 0. The lowest BCUT2D eigenvalue weighted by atomic mass is 10.1. The fraction of sp³-hybridized carbons (Fsp3) is 0.481. The zero-order valence-electron chi connectivity index (χ0n) is 21.1. The summed E-state index contributed by atoms with van der Waals surface area (Å²) in [5.74, 6) is -0.342. The fourth-order valence-electron chi connectivity index (χ4n) is 4.05. The smallest absolute Gasteiger partial charge is 0.410 e. The molecule has 0 aliphatic carbocycles. The molecule has 0 aromatic heterocycles. The second kappa shape index (κ2) is 11.7. The molecule has 1 fully saturated rings. The van der Waals surface area contributed by atoms with Crippen molar-refractivity contribution in [3.8, 4) is 0 Å². The number of aryl methyl sites for hydroxylation is 2. The van der Waals surface area contributed by atoms with Crippen LogP contribution in [0, 0.1) is 6.92 Å². The Morgan fingerprint density at radius 2 is 1.54 bits per heavy atom. The summed E-state index contributed by atoms with van der Waals surface area (Å²) in [6.07, 6.45) is 2.63. The Bertz CT molecular complexity index is 1130. The number of rotatable bonds is 8. The molecule has 190 valence electrons. The van der Waals surface area contributed by atoms with Crippen LogP contribution in [0.25, 0.3) is 0 Å². The van der Waals surface area contributed by atoms with E-state index in [0.29, 0.717) is 31.7 Å². The Morgan fingerprint density at radius 3 is 2.14 bits per heavy atom. The van der Waals surface area contributed by atoms with Crippen molar-refractivity contribution in [1.82, 2.24) is 9.80 Å². The SMILES string of the molecule is CCCCc1ccc(CS(=O)(=O)c2ccc(C)c(C(=O)N3CCN(C(=O)OC(C)C)CC3)c2)cc1. The van der Waals surface area contributed by atoms with Crippen molar-refractivity contribution < 1.29 is 22.7 Å². The van der Waals surface area contributed by atoms with Gasteiger partial charge in [-0.3, -0.25) is 4.79 Å². The number of ether oxygens (including phenoxy) is 1. The first-order chi connectivity index (χ1) is 16.6. The molecule has 0 N–H and O–H groups in total. The molecule has 0 unspecified atom stereocenters. The summed E-state index contributed by atoms with van der Waals surface area (Å²) in [4.78, 5) is 28.7. The number of amides is 2. The minimum atomic E-state index is -3.62. The van der Waals surface area contributed by atoms with Gasteiger partial charge in [0.05, 0.1) is 16.8 Å². The van der Waals surface area contributed by atoms with Gasteiger partial charge in [0.1, 0.15) is 0 Å². The maximum Gasteiger partial charge on any atom is 0.410 e. The minimum absolute atomic E-state index is 0.117. The lowest BCUT2D eigenvalue weighted by Gasteiger charge is -2.34. The van der Waals surface area contributed by atoms with Gasteiger partial charge in [0.2, 0.25) is 0 Å². The van der Waals surface area contributed by atoms with Gasteiger partial charge in [-0.15, -0.1) is 0 Å². The van der Waals surface area contributed by atoms with Crippen molar-refractivity contribution >= 4 is 21.8 Å². The van der Waals surface area contributed by atoms with Gasteiger partial charge in [-0.05, 0) is 62.4 Å². The lowest BCUT2D eigenvalue weighted by Crippen LogP contribution is -2.51. The number of hydrogen-bond acceptors (Lipinski definition) is 5. The van der Waals surface area contributed by atoms with Crippen LogP contribution in [0.2, 0.25) is 0 Å². The van der Waals surface area contributed by atoms with Crippen LogP contribution < -0.4 is 0 Å². The standard InChI is InChI=1S/C27H36N2O5S/c1-5-6-7-22-9-11-23(12-10-22)19-35(32,33)24-13-8-21(4)25(18-24)26(30)28-14-16-29(17-15-28)27(31)34-20(2)3/h8-13,18,20H,5-7,14-17,19H2,1-4H3. The first-order valence-corrected chi connectivity index (χ1v) is 13.9. The number of nitrogens with zero attached hydrogens (tertiary/aromatic N) is 2. The van der Waals surface area contributed by atoms with E-state index in [9.17, 15) is 18.0 Å². The molecule has 1 aliphatic heterocycles. The summed E-state index contributed by atoms with van der Waals surface area (Å²) in [7, 11) is -3.62. The van der Waals surface area contributed by atoms with Crippen LogP contribution in [0.1, 0.15) is 60.7 Å². The van der Waals surface area contributed by atoms with E-state index in [0.717, 1.165) is 30.4 Å². The minimum Gasteiger partial charge on any atom is -0.447 e. The molecule has 2 aromatic rings. The molecule has 1 saturated heterocycles. The van der Waals surface area contributed by atoms with Crippen LogP contribution in [0.4, 0.5) is 4.79 Å². The second-order valence-electron chi connectivity index (χ2n) is 9.37. The van der Waals surface area contributed by atoms with Crippen molar-refractivity contribution in [2.45, 2.75) is 63.7 Å². The summed E-state index contributed by atoms with van der Waals surface area (Å²) < 4.78 is 31.5. The highest BCUT2D eigenvalue weighted by atomic mass is 32.2. The average molecular weight is 501 g/mol. The Morgan fingerprint density at radius 1 is 0.943 bits per heavy atom. The summed E-state index contributed by atoms with van der Waals surface area (Å²) >= 11 is 0. The first-order valence-electron chi connectivity index (χ1n) is 12.3.